The van der Waals surface area contributed by atoms with Crippen LogP contribution >= 0.6 is 0 Å². The molecule has 0 atom stereocenters. The van der Waals surface area contributed by atoms with E-state index in [9.17, 15) is 0 Å². The number of hydrogen-bond acceptors (Lipinski definition) is 2. The average molecular weight is 149 g/mol. The molecule has 0 fully saturated rings. The van der Waals surface area contributed by atoms with E-state index in [1.807, 2.05) is 24.5 Å². The van der Waals surface area contributed by atoms with Gasteiger partial charge in [-0.25, -0.2) is 0 Å². The molecule has 0 amide bonds. The molecule has 3 nitrogen and oxygen atoms in total. The number of rotatable bonds is 0. The van der Waals surface area contributed by atoms with E-state index in [2.05, 4.69) is 4.98 Å². The number of H-pyrrole nitrogens is 1. The number of hydrogen-bond donors (Lipinski definition) is 1. The van der Waals surface area contributed by atoms with Crippen molar-refractivity contribution in [2.75, 3.05) is 0 Å². The summed E-state index contributed by atoms with van der Waals surface area (Å²) in [5.41, 5.74) is 0. The van der Waals surface area contributed by atoms with Gasteiger partial charge >= 0.3 is 29.6 Å². The summed E-state index contributed by atoms with van der Waals surface area (Å²) < 4.78 is 0. The van der Waals surface area contributed by atoms with E-state index < -0.39 is 5.97 Å². The zero-order valence-corrected chi connectivity index (χ0v) is 8.13. The van der Waals surface area contributed by atoms with Crippen molar-refractivity contribution in [3.8, 4) is 0 Å². The maximum absolute atomic E-state index is 8.89. The number of carbonyl (C=O) groups is 1. The van der Waals surface area contributed by atoms with Gasteiger partial charge in [-0.2, -0.15) is 0 Å². The van der Waals surface area contributed by atoms with Crippen molar-refractivity contribution in [1.29, 1.82) is 0 Å². The molecule has 0 radical (unpaired) electrons. The Labute approximate surface area is 81.7 Å². The van der Waals surface area contributed by atoms with E-state index >= 15 is 0 Å². The Bertz CT molecular complexity index is 130. The zero-order chi connectivity index (χ0) is 7.11. The number of carboxylic acid groups (broad SMARTS) is 1. The van der Waals surface area contributed by atoms with Crippen LogP contribution in [-0.2, 0) is 4.79 Å². The first kappa shape index (κ1) is 12.4. The second-order valence-corrected chi connectivity index (χ2v) is 1.38. The Morgan fingerprint density at radius 2 is 1.70 bits per heavy atom. The molecule has 0 aliphatic heterocycles. The van der Waals surface area contributed by atoms with Crippen LogP contribution in [0.3, 0.4) is 0 Å². The van der Waals surface area contributed by atoms with E-state index in [1.165, 1.54) is 0 Å². The maximum atomic E-state index is 8.89. The van der Waals surface area contributed by atoms with Crippen LogP contribution in [-0.4, -0.2) is 11.0 Å². The van der Waals surface area contributed by atoms with E-state index in [1.54, 1.807) is 0 Å². The van der Waals surface area contributed by atoms with Crippen molar-refractivity contribution in [2.45, 2.75) is 6.92 Å². The van der Waals surface area contributed by atoms with Crippen LogP contribution in [0.2, 0.25) is 0 Å². The average Bonchev–Trinajstić information content (AvgIpc) is 2.11. The largest absolute Gasteiger partial charge is 1.00 e. The molecule has 10 heavy (non-hydrogen) atoms. The van der Waals surface area contributed by atoms with Crippen molar-refractivity contribution < 1.29 is 39.5 Å². The maximum Gasteiger partial charge on any atom is 1.00 e. The van der Waals surface area contributed by atoms with E-state index in [0.29, 0.717) is 0 Å². The fraction of sp³-hybridized carbons (Fsp3) is 0.167. The molecule has 4 heteroatoms. The van der Waals surface area contributed by atoms with E-state index in [-0.39, 0.29) is 29.6 Å². The van der Waals surface area contributed by atoms with E-state index in [4.69, 9.17) is 9.90 Å². The second kappa shape index (κ2) is 8.75. The normalized spacial score (nSPS) is 6.50. The third kappa shape index (κ3) is 15.7. The molecule has 1 N–H and O–H groups in total. The minimum absolute atomic E-state index is 0. The molecule has 1 aromatic rings. The van der Waals surface area contributed by atoms with Gasteiger partial charge in [0.25, 0.3) is 0 Å². The quantitative estimate of drug-likeness (QED) is 0.394. The predicted octanol–water partition coefficient (Wildman–Crippen LogP) is -3.23. The van der Waals surface area contributed by atoms with Crippen molar-refractivity contribution >= 4 is 5.97 Å². The van der Waals surface area contributed by atoms with Gasteiger partial charge in [0.15, 0.2) is 0 Å². The van der Waals surface area contributed by atoms with Crippen LogP contribution in [0.15, 0.2) is 24.5 Å². The first-order valence-corrected chi connectivity index (χ1v) is 2.49. The van der Waals surface area contributed by atoms with Crippen LogP contribution in [0.5, 0.6) is 0 Å². The summed E-state index contributed by atoms with van der Waals surface area (Å²) in [6.07, 6.45) is 3.75. The summed E-state index contributed by atoms with van der Waals surface area (Å²) in [6, 6.07) is 3.89. The zero-order valence-electron chi connectivity index (χ0n) is 6.13. The molecule has 1 rings (SSSR count). The summed E-state index contributed by atoms with van der Waals surface area (Å²) in [5.74, 6) is -1.08. The van der Waals surface area contributed by atoms with Gasteiger partial charge in [-0.1, -0.05) is 0 Å². The third-order valence-corrected chi connectivity index (χ3v) is 0.496. The van der Waals surface area contributed by atoms with Crippen molar-refractivity contribution in [1.82, 2.24) is 4.98 Å². The van der Waals surface area contributed by atoms with Crippen LogP contribution in [0.25, 0.3) is 0 Å². The first-order valence-electron chi connectivity index (χ1n) is 2.49. The minimum atomic E-state index is -1.08. The first-order chi connectivity index (χ1) is 4.23. The molecule has 0 aliphatic rings. The molecule has 0 aromatic carbocycles. The molecule has 0 spiro atoms. The topological polar surface area (TPSA) is 55.9 Å². The van der Waals surface area contributed by atoms with Crippen molar-refractivity contribution in [3.63, 3.8) is 0 Å². The van der Waals surface area contributed by atoms with Crippen molar-refractivity contribution in [2.24, 2.45) is 0 Å². The van der Waals surface area contributed by atoms with Crippen LogP contribution in [0.1, 0.15) is 6.92 Å². The number of carboxylic acids is 1. The Hall–Kier alpha value is -0.250. The van der Waals surface area contributed by atoms with Gasteiger partial charge in [0.1, 0.15) is 0 Å². The Kier molecular flexibility index (Phi) is 10.9. The van der Waals surface area contributed by atoms with Gasteiger partial charge in [0, 0.05) is 18.4 Å². The summed E-state index contributed by atoms with van der Waals surface area (Å²) in [4.78, 5) is 11.8. The fourth-order valence-corrected chi connectivity index (χ4v) is 0.278. The van der Waals surface area contributed by atoms with Gasteiger partial charge < -0.3 is 14.9 Å². The molecule has 0 aliphatic carbocycles. The monoisotopic (exact) mass is 149 g/mol. The number of aromatic nitrogens is 1. The van der Waals surface area contributed by atoms with Crippen LogP contribution in [0.4, 0.5) is 0 Å². The molecule has 50 valence electrons. The number of nitrogens with one attached hydrogen (secondary N) is 1. The Balaban J connectivity index is 0. The second-order valence-electron chi connectivity index (χ2n) is 1.38. The molecule has 0 saturated heterocycles. The number of carbonyl (C=O) groups excluding carboxylic acids is 1. The third-order valence-electron chi connectivity index (χ3n) is 0.496. The van der Waals surface area contributed by atoms with Gasteiger partial charge in [-0.3, -0.25) is 0 Å². The van der Waals surface area contributed by atoms with Gasteiger partial charge in [-0.15, -0.1) is 0 Å². The van der Waals surface area contributed by atoms with Gasteiger partial charge in [0.05, 0.1) is 0 Å². The Morgan fingerprint density at radius 1 is 1.40 bits per heavy atom. The van der Waals surface area contributed by atoms with Crippen LogP contribution < -0.4 is 34.7 Å². The predicted molar refractivity (Wildman–Crippen MR) is 31.5 cm³/mol. The Morgan fingerprint density at radius 3 is 1.80 bits per heavy atom. The number of aromatic amines is 1. The minimum Gasteiger partial charge on any atom is -0.550 e. The molecule has 0 unspecified atom stereocenters. The number of aliphatic carboxylic acids is 1. The molecular weight excluding hydrogens is 141 g/mol. The molecule has 0 saturated carbocycles. The molecule has 1 heterocycles. The van der Waals surface area contributed by atoms with Crippen LogP contribution in [0, 0.1) is 0 Å². The standard InChI is InChI=1S/C4H5N.C2H4O2.Na/c1-2-4-5-3-1;1-2(3)4;/h1-5H;1H3,(H,3,4);/q;;+1/p-1. The summed E-state index contributed by atoms with van der Waals surface area (Å²) in [5, 5.41) is 8.89. The molecule has 1 aromatic heterocycles. The van der Waals surface area contributed by atoms with Gasteiger partial charge in [0.2, 0.25) is 0 Å². The summed E-state index contributed by atoms with van der Waals surface area (Å²) >= 11 is 0. The van der Waals surface area contributed by atoms with Gasteiger partial charge in [-0.05, 0) is 19.1 Å². The summed E-state index contributed by atoms with van der Waals surface area (Å²) in [7, 11) is 0. The smallest absolute Gasteiger partial charge is 0.550 e. The molecular formula is C6H8NNaO2. The SMILES string of the molecule is CC(=O)[O-].[Na+].c1cc[nH]c1. The fourth-order valence-electron chi connectivity index (χ4n) is 0.278. The van der Waals surface area contributed by atoms with E-state index in [0.717, 1.165) is 6.92 Å². The summed E-state index contributed by atoms with van der Waals surface area (Å²) in [6.45, 7) is 0.972. The molecule has 0 bridgehead atoms. The van der Waals surface area contributed by atoms with Crippen molar-refractivity contribution in [3.05, 3.63) is 24.5 Å².